The van der Waals surface area contributed by atoms with Gasteiger partial charge in [0.2, 0.25) is 5.91 Å². The van der Waals surface area contributed by atoms with Gasteiger partial charge in [0.25, 0.3) is 0 Å². The van der Waals surface area contributed by atoms with E-state index in [1.54, 1.807) is 12.1 Å². The summed E-state index contributed by atoms with van der Waals surface area (Å²) in [6.07, 6.45) is -0.982. The molecule has 0 saturated carbocycles. The van der Waals surface area contributed by atoms with Crippen LogP contribution in [0, 0.1) is 5.82 Å². The van der Waals surface area contributed by atoms with Gasteiger partial charge in [-0.3, -0.25) is 9.69 Å². The van der Waals surface area contributed by atoms with Gasteiger partial charge in [0, 0.05) is 38.8 Å². The van der Waals surface area contributed by atoms with E-state index < -0.39 is 12.2 Å². The zero-order valence-corrected chi connectivity index (χ0v) is 16.9. The van der Waals surface area contributed by atoms with Crippen LogP contribution in [0.2, 0.25) is 0 Å². The molecule has 2 aromatic carbocycles. The second kappa shape index (κ2) is 8.61. The first-order valence-electron chi connectivity index (χ1n) is 10.1. The molecular weight excluding hydrogens is 387 g/mol. The summed E-state index contributed by atoms with van der Waals surface area (Å²) in [6, 6.07) is 15.0. The third kappa shape index (κ3) is 4.32. The van der Waals surface area contributed by atoms with Crippen molar-refractivity contribution in [2.75, 3.05) is 54.0 Å². The van der Waals surface area contributed by atoms with Crippen molar-refractivity contribution in [2.24, 2.45) is 0 Å². The fraction of sp³-hybridized carbons (Fsp3) is 0.364. The summed E-state index contributed by atoms with van der Waals surface area (Å²) in [7, 11) is 0. The molecule has 0 aromatic heterocycles. The Bertz CT molecular complexity index is 916. The van der Waals surface area contributed by atoms with Gasteiger partial charge in [-0.2, -0.15) is 0 Å². The number of anilines is 3. The molecule has 30 heavy (non-hydrogen) atoms. The van der Waals surface area contributed by atoms with Crippen LogP contribution in [-0.2, 0) is 9.53 Å². The Hall–Kier alpha value is -3.29. The van der Waals surface area contributed by atoms with Crippen molar-refractivity contribution in [3.63, 3.8) is 0 Å². The minimum atomic E-state index is -0.533. The normalized spacial score (nSPS) is 19.1. The van der Waals surface area contributed by atoms with Crippen molar-refractivity contribution in [3.05, 3.63) is 54.3 Å². The molecular formula is C22H25FN4O3. The monoisotopic (exact) mass is 412 g/mol. The van der Waals surface area contributed by atoms with Gasteiger partial charge in [-0.15, -0.1) is 0 Å². The number of rotatable bonds is 5. The fourth-order valence-electron chi connectivity index (χ4n) is 3.86. The molecule has 2 aromatic rings. The fourth-order valence-corrected chi connectivity index (χ4v) is 3.86. The highest BCUT2D eigenvalue weighted by Crippen LogP contribution is 2.29. The van der Waals surface area contributed by atoms with Crippen LogP contribution in [0.5, 0.6) is 0 Å². The number of cyclic esters (lactones) is 1. The predicted octanol–water partition coefficient (Wildman–Crippen LogP) is 2.61. The van der Waals surface area contributed by atoms with Crippen molar-refractivity contribution in [2.45, 2.75) is 13.0 Å². The minimum Gasteiger partial charge on any atom is -0.442 e. The lowest BCUT2D eigenvalue weighted by Crippen LogP contribution is -2.46. The van der Waals surface area contributed by atoms with Crippen molar-refractivity contribution in [3.8, 4) is 0 Å². The zero-order chi connectivity index (χ0) is 21.1. The van der Waals surface area contributed by atoms with Crippen LogP contribution in [0.25, 0.3) is 0 Å². The summed E-state index contributed by atoms with van der Waals surface area (Å²) in [4.78, 5) is 28.9. The Morgan fingerprint density at radius 2 is 1.77 bits per heavy atom. The number of hydrogen-bond donors (Lipinski definition) is 1. The van der Waals surface area contributed by atoms with Gasteiger partial charge in [-0.25, -0.2) is 9.18 Å². The van der Waals surface area contributed by atoms with Gasteiger partial charge in [0.05, 0.1) is 24.5 Å². The number of carbonyl (C=O) groups is 2. The van der Waals surface area contributed by atoms with Gasteiger partial charge in [0.15, 0.2) is 0 Å². The second-order valence-electron chi connectivity index (χ2n) is 7.50. The number of benzene rings is 2. The van der Waals surface area contributed by atoms with Gasteiger partial charge >= 0.3 is 6.09 Å². The van der Waals surface area contributed by atoms with Crippen LogP contribution < -0.4 is 20.0 Å². The smallest absolute Gasteiger partial charge is 0.414 e. The van der Waals surface area contributed by atoms with E-state index in [1.807, 2.05) is 23.1 Å². The SMILES string of the molecule is CC(=O)NC[C@@H]1CN(c2ccc(N3CCN(c4ccccc4)CC3)c(F)c2)C(=O)O1. The summed E-state index contributed by atoms with van der Waals surface area (Å²) in [5, 5.41) is 2.63. The number of nitrogens with zero attached hydrogens (tertiary/aromatic N) is 3. The summed E-state index contributed by atoms with van der Waals surface area (Å²) >= 11 is 0. The van der Waals surface area contributed by atoms with Crippen LogP contribution in [0.3, 0.4) is 0 Å². The molecule has 1 atom stereocenters. The summed E-state index contributed by atoms with van der Waals surface area (Å²) in [5.41, 5.74) is 2.16. The molecule has 2 saturated heterocycles. The highest BCUT2D eigenvalue weighted by atomic mass is 19.1. The molecule has 2 heterocycles. The van der Waals surface area contributed by atoms with Crippen molar-refractivity contribution < 1.29 is 18.7 Å². The molecule has 4 rings (SSSR count). The third-order valence-corrected chi connectivity index (χ3v) is 5.44. The van der Waals surface area contributed by atoms with Gasteiger partial charge < -0.3 is 19.9 Å². The van der Waals surface area contributed by atoms with E-state index in [9.17, 15) is 14.0 Å². The van der Waals surface area contributed by atoms with Crippen LogP contribution in [0.1, 0.15) is 6.92 Å². The molecule has 2 aliphatic rings. The predicted molar refractivity (Wildman–Crippen MR) is 114 cm³/mol. The molecule has 7 nitrogen and oxygen atoms in total. The van der Waals surface area contributed by atoms with E-state index in [0.717, 1.165) is 26.2 Å². The average molecular weight is 412 g/mol. The maximum absolute atomic E-state index is 14.9. The molecule has 2 aliphatic heterocycles. The first-order chi connectivity index (χ1) is 14.5. The lowest BCUT2D eigenvalue weighted by atomic mass is 10.2. The Morgan fingerprint density at radius 3 is 2.43 bits per heavy atom. The Balaban J connectivity index is 1.39. The molecule has 0 aliphatic carbocycles. The molecule has 2 amide bonds. The molecule has 158 valence electrons. The lowest BCUT2D eigenvalue weighted by molar-refractivity contribution is -0.119. The number of carbonyl (C=O) groups excluding carboxylic acids is 2. The van der Waals surface area contributed by atoms with Crippen molar-refractivity contribution in [1.82, 2.24) is 5.32 Å². The van der Waals surface area contributed by atoms with E-state index in [0.29, 0.717) is 11.4 Å². The second-order valence-corrected chi connectivity index (χ2v) is 7.50. The highest BCUT2D eigenvalue weighted by Gasteiger charge is 2.33. The number of nitrogens with one attached hydrogen (secondary N) is 1. The molecule has 0 spiro atoms. The maximum atomic E-state index is 14.9. The largest absolute Gasteiger partial charge is 0.442 e. The topological polar surface area (TPSA) is 65.1 Å². The van der Waals surface area contributed by atoms with E-state index in [4.69, 9.17) is 4.74 Å². The molecule has 0 bridgehead atoms. The van der Waals surface area contributed by atoms with Gasteiger partial charge in [-0.1, -0.05) is 18.2 Å². The summed E-state index contributed by atoms with van der Waals surface area (Å²) < 4.78 is 20.1. The van der Waals surface area contributed by atoms with Crippen LogP contribution in [0.4, 0.5) is 26.2 Å². The number of piperazine rings is 1. The molecule has 0 radical (unpaired) electrons. The Morgan fingerprint density at radius 1 is 1.07 bits per heavy atom. The highest BCUT2D eigenvalue weighted by molar-refractivity contribution is 5.90. The Kier molecular flexibility index (Phi) is 5.74. The number of hydrogen-bond acceptors (Lipinski definition) is 5. The molecule has 2 fully saturated rings. The van der Waals surface area contributed by atoms with E-state index in [-0.39, 0.29) is 24.8 Å². The summed E-state index contributed by atoms with van der Waals surface area (Å²) in [6.45, 7) is 4.98. The first kappa shape index (κ1) is 20.0. The lowest BCUT2D eigenvalue weighted by Gasteiger charge is -2.37. The van der Waals surface area contributed by atoms with E-state index >= 15 is 0 Å². The van der Waals surface area contributed by atoms with Crippen molar-refractivity contribution in [1.29, 1.82) is 0 Å². The van der Waals surface area contributed by atoms with Crippen LogP contribution in [0.15, 0.2) is 48.5 Å². The van der Waals surface area contributed by atoms with Gasteiger partial charge in [0.1, 0.15) is 11.9 Å². The molecule has 0 unspecified atom stereocenters. The van der Waals surface area contributed by atoms with Gasteiger partial charge in [-0.05, 0) is 30.3 Å². The standard InChI is InChI=1S/C22H25FN4O3/c1-16(28)24-14-19-15-27(22(29)30-19)18-7-8-21(20(23)13-18)26-11-9-25(10-12-26)17-5-3-2-4-6-17/h2-8,13,19H,9-12,14-15H2,1H3,(H,24,28)/t19-/m1/s1. The van der Waals surface area contributed by atoms with Crippen LogP contribution in [-0.4, -0.2) is 57.4 Å². The number of para-hydroxylation sites is 1. The third-order valence-electron chi connectivity index (χ3n) is 5.44. The zero-order valence-electron chi connectivity index (χ0n) is 16.9. The molecule has 1 N–H and O–H groups in total. The van der Waals surface area contributed by atoms with E-state index in [2.05, 4.69) is 22.3 Å². The van der Waals surface area contributed by atoms with E-state index in [1.165, 1.54) is 23.6 Å². The maximum Gasteiger partial charge on any atom is 0.414 e. The number of halogens is 1. The molecule has 8 heteroatoms. The number of ether oxygens (including phenoxy) is 1. The minimum absolute atomic E-state index is 0.188. The van der Waals surface area contributed by atoms with Crippen molar-refractivity contribution >= 4 is 29.1 Å². The Labute approximate surface area is 175 Å². The number of amides is 2. The first-order valence-corrected chi connectivity index (χ1v) is 10.1. The average Bonchev–Trinajstić information content (AvgIpc) is 3.13. The quantitative estimate of drug-likeness (QED) is 0.818. The van der Waals surface area contributed by atoms with Crippen LogP contribution >= 0.6 is 0 Å². The summed E-state index contributed by atoms with van der Waals surface area (Å²) in [5.74, 6) is -0.550.